The molecule has 2 atom stereocenters. The monoisotopic (exact) mass is 194 g/mol. The zero-order valence-electron chi connectivity index (χ0n) is 7.87. The highest BCUT2D eigenvalue weighted by atomic mass is 16.5. The van der Waals surface area contributed by atoms with E-state index >= 15 is 0 Å². The predicted molar refractivity (Wildman–Crippen MR) is 46.1 cm³/mol. The number of nitrogens with one attached hydrogen (secondary N) is 2. The number of allylic oxidation sites excluding steroid dienone is 2. The van der Waals surface area contributed by atoms with Crippen LogP contribution in [0.1, 0.15) is 0 Å². The van der Waals surface area contributed by atoms with Crippen molar-refractivity contribution >= 4 is 0 Å². The van der Waals surface area contributed by atoms with E-state index in [0.717, 1.165) is 0 Å². The summed E-state index contributed by atoms with van der Waals surface area (Å²) in [5, 5.41) is 22.9. The molecule has 1 rings (SSSR count). The molecular formula is C8H10N4O2. The molecule has 0 fully saturated rings. The van der Waals surface area contributed by atoms with Crippen LogP contribution >= 0.6 is 0 Å². The maximum Gasteiger partial charge on any atom is 0.173 e. The van der Waals surface area contributed by atoms with E-state index in [1.807, 2.05) is 12.1 Å². The summed E-state index contributed by atoms with van der Waals surface area (Å²) in [4.78, 5) is 0. The summed E-state index contributed by atoms with van der Waals surface area (Å²) >= 11 is 0. The molecule has 2 N–H and O–H groups in total. The number of nitrogens with zero attached hydrogens (tertiary/aromatic N) is 2. The Bertz CT molecular complexity index is 293. The van der Waals surface area contributed by atoms with Gasteiger partial charge in [0.05, 0.1) is 0 Å². The third kappa shape index (κ3) is 1.77. The summed E-state index contributed by atoms with van der Waals surface area (Å²) in [7, 11) is 2.97. The van der Waals surface area contributed by atoms with Gasteiger partial charge in [0.1, 0.15) is 23.5 Å². The lowest BCUT2D eigenvalue weighted by Crippen LogP contribution is -2.54. The van der Waals surface area contributed by atoms with Gasteiger partial charge >= 0.3 is 0 Å². The molecule has 6 heteroatoms. The fourth-order valence-corrected chi connectivity index (χ4v) is 1.12. The van der Waals surface area contributed by atoms with Crippen molar-refractivity contribution in [1.29, 1.82) is 10.5 Å². The summed E-state index contributed by atoms with van der Waals surface area (Å²) in [5.41, 5.74) is 0.320. The van der Waals surface area contributed by atoms with Gasteiger partial charge in [-0.2, -0.15) is 10.5 Å². The van der Waals surface area contributed by atoms with Crippen LogP contribution in [0.25, 0.3) is 0 Å². The normalized spacial score (nSPS) is 25.7. The number of hydrogen-bond donors (Lipinski definition) is 2. The minimum Gasteiger partial charge on any atom is -0.357 e. The van der Waals surface area contributed by atoms with Crippen LogP contribution in [-0.2, 0) is 9.47 Å². The molecular weight excluding hydrogens is 184 g/mol. The molecule has 0 aromatic heterocycles. The Hall–Kier alpha value is -1.76. The molecule has 0 bridgehead atoms. The van der Waals surface area contributed by atoms with Gasteiger partial charge in [-0.25, -0.2) is 0 Å². The third-order valence-electron chi connectivity index (χ3n) is 1.83. The number of methoxy groups -OCH3 is 2. The maximum absolute atomic E-state index is 8.71. The summed E-state index contributed by atoms with van der Waals surface area (Å²) < 4.78 is 10.1. The summed E-state index contributed by atoms with van der Waals surface area (Å²) in [6.45, 7) is 0. The van der Waals surface area contributed by atoms with Crippen LogP contribution in [0.4, 0.5) is 0 Å². The molecule has 14 heavy (non-hydrogen) atoms. The van der Waals surface area contributed by atoms with Crippen molar-refractivity contribution in [2.24, 2.45) is 0 Å². The lowest BCUT2D eigenvalue weighted by atomic mass is 10.2. The van der Waals surface area contributed by atoms with Crippen molar-refractivity contribution < 1.29 is 9.47 Å². The standard InChI is InChI=1S/C8H10N4O2/c1-13-7-8(14-2)12-6(4-10)5(3-9)11-7/h7-8,11-12H,1-2H3/t7-,8-/m0/s1. The molecule has 0 aromatic carbocycles. The lowest BCUT2D eigenvalue weighted by Gasteiger charge is -2.31. The molecule has 0 saturated heterocycles. The van der Waals surface area contributed by atoms with E-state index in [4.69, 9.17) is 20.0 Å². The van der Waals surface area contributed by atoms with E-state index in [1.54, 1.807) is 0 Å². The average Bonchev–Trinajstić information content (AvgIpc) is 2.26. The van der Waals surface area contributed by atoms with Gasteiger partial charge in [0.15, 0.2) is 12.5 Å². The van der Waals surface area contributed by atoms with Gasteiger partial charge in [-0.05, 0) is 0 Å². The Kier molecular flexibility index (Phi) is 3.29. The highest BCUT2D eigenvalue weighted by molar-refractivity contribution is 5.36. The van der Waals surface area contributed by atoms with E-state index in [1.165, 1.54) is 14.2 Å². The first kappa shape index (κ1) is 10.3. The number of nitriles is 2. The molecule has 0 amide bonds. The Labute approximate surface area is 81.7 Å². The zero-order chi connectivity index (χ0) is 10.6. The Morgan fingerprint density at radius 2 is 1.36 bits per heavy atom. The molecule has 0 unspecified atom stereocenters. The maximum atomic E-state index is 8.71. The average molecular weight is 194 g/mol. The lowest BCUT2D eigenvalue weighted by molar-refractivity contribution is -0.0644. The van der Waals surface area contributed by atoms with Gasteiger partial charge < -0.3 is 20.1 Å². The first-order valence-electron chi connectivity index (χ1n) is 3.90. The summed E-state index contributed by atoms with van der Waals surface area (Å²) in [5.74, 6) is 0. The highest BCUT2D eigenvalue weighted by Crippen LogP contribution is 2.10. The van der Waals surface area contributed by atoms with Crippen LogP contribution < -0.4 is 10.6 Å². The van der Waals surface area contributed by atoms with Crippen LogP contribution in [0.2, 0.25) is 0 Å². The second-order valence-electron chi connectivity index (χ2n) is 2.57. The zero-order valence-corrected chi connectivity index (χ0v) is 7.87. The van der Waals surface area contributed by atoms with Crippen molar-refractivity contribution in [3.8, 4) is 12.1 Å². The van der Waals surface area contributed by atoms with Crippen LogP contribution in [0.3, 0.4) is 0 Å². The van der Waals surface area contributed by atoms with Crippen molar-refractivity contribution in [3.63, 3.8) is 0 Å². The van der Waals surface area contributed by atoms with Crippen LogP contribution in [0.5, 0.6) is 0 Å². The SMILES string of the molecule is CO[C@@H]1NC(C#N)=C(C#N)N[C@H]1OC. The van der Waals surface area contributed by atoms with Gasteiger partial charge in [-0.15, -0.1) is 0 Å². The molecule has 1 aliphatic rings. The Morgan fingerprint density at radius 1 is 1.00 bits per heavy atom. The van der Waals surface area contributed by atoms with Crippen molar-refractivity contribution in [1.82, 2.24) is 10.6 Å². The van der Waals surface area contributed by atoms with Gasteiger partial charge in [-0.1, -0.05) is 0 Å². The Morgan fingerprint density at radius 3 is 1.57 bits per heavy atom. The fraction of sp³-hybridized carbons (Fsp3) is 0.500. The van der Waals surface area contributed by atoms with E-state index in [0.29, 0.717) is 0 Å². The summed E-state index contributed by atoms with van der Waals surface area (Å²) in [6.07, 6.45) is -0.960. The summed E-state index contributed by atoms with van der Waals surface area (Å²) in [6, 6.07) is 3.72. The molecule has 0 aromatic rings. The third-order valence-corrected chi connectivity index (χ3v) is 1.83. The van der Waals surface area contributed by atoms with Gasteiger partial charge in [-0.3, -0.25) is 0 Å². The van der Waals surface area contributed by atoms with Gasteiger partial charge in [0.2, 0.25) is 0 Å². The molecule has 0 spiro atoms. The topological polar surface area (TPSA) is 90.1 Å². The minimum absolute atomic E-state index is 0.160. The molecule has 0 aliphatic carbocycles. The van der Waals surface area contributed by atoms with Crippen molar-refractivity contribution in [2.75, 3.05) is 14.2 Å². The number of rotatable bonds is 2. The second kappa shape index (κ2) is 4.47. The van der Waals surface area contributed by atoms with Crippen molar-refractivity contribution in [2.45, 2.75) is 12.5 Å². The molecule has 1 heterocycles. The number of hydrogen-bond acceptors (Lipinski definition) is 6. The smallest absolute Gasteiger partial charge is 0.173 e. The molecule has 1 aliphatic heterocycles. The van der Waals surface area contributed by atoms with E-state index in [2.05, 4.69) is 10.6 Å². The van der Waals surface area contributed by atoms with Crippen molar-refractivity contribution in [3.05, 3.63) is 11.4 Å². The highest BCUT2D eigenvalue weighted by Gasteiger charge is 2.28. The quantitative estimate of drug-likeness (QED) is 0.609. The Balaban J connectivity index is 2.92. The first-order valence-corrected chi connectivity index (χ1v) is 3.90. The van der Waals surface area contributed by atoms with E-state index in [9.17, 15) is 0 Å². The molecule has 74 valence electrons. The second-order valence-corrected chi connectivity index (χ2v) is 2.57. The van der Waals surface area contributed by atoms with Gasteiger partial charge in [0, 0.05) is 14.2 Å². The van der Waals surface area contributed by atoms with E-state index in [-0.39, 0.29) is 11.4 Å². The van der Waals surface area contributed by atoms with Crippen LogP contribution in [-0.4, -0.2) is 26.7 Å². The predicted octanol–water partition coefficient (Wildman–Crippen LogP) is -0.617. The van der Waals surface area contributed by atoms with Crippen LogP contribution in [0, 0.1) is 22.7 Å². The molecule has 6 nitrogen and oxygen atoms in total. The van der Waals surface area contributed by atoms with Crippen LogP contribution in [0.15, 0.2) is 11.4 Å². The van der Waals surface area contributed by atoms with E-state index < -0.39 is 12.5 Å². The molecule has 0 saturated carbocycles. The molecule has 0 radical (unpaired) electrons. The number of ether oxygens (including phenoxy) is 2. The van der Waals surface area contributed by atoms with Gasteiger partial charge in [0.25, 0.3) is 0 Å². The minimum atomic E-state index is -0.480. The largest absolute Gasteiger partial charge is 0.357 e. The first-order chi connectivity index (χ1) is 6.76. The fourth-order valence-electron chi connectivity index (χ4n) is 1.12.